The molecule has 178 valence electrons. The van der Waals surface area contributed by atoms with E-state index in [-0.39, 0.29) is 17.7 Å². The van der Waals surface area contributed by atoms with Gasteiger partial charge in [-0.3, -0.25) is 9.36 Å². The van der Waals surface area contributed by atoms with Crippen molar-refractivity contribution < 1.29 is 9.53 Å². The van der Waals surface area contributed by atoms with E-state index < -0.39 is 0 Å². The van der Waals surface area contributed by atoms with Crippen molar-refractivity contribution in [2.45, 2.75) is 20.0 Å². The van der Waals surface area contributed by atoms with Gasteiger partial charge in [0.05, 0.1) is 24.5 Å². The molecule has 1 aliphatic heterocycles. The van der Waals surface area contributed by atoms with Crippen LogP contribution in [0.25, 0.3) is 11.4 Å². The third-order valence-corrected chi connectivity index (χ3v) is 5.89. The summed E-state index contributed by atoms with van der Waals surface area (Å²) in [7, 11) is 1.71. The Bertz CT molecular complexity index is 1180. The maximum Gasteiger partial charge on any atom is 0.321 e. The predicted octanol–water partition coefficient (Wildman–Crippen LogP) is 2.69. The molecule has 1 aliphatic rings. The van der Waals surface area contributed by atoms with Crippen LogP contribution >= 0.6 is 0 Å². The SMILES string of the molecule is CCN(CC)C(=O)Nc1ccc([C@H]2CN(c3nc(-c4ccncn4)cc(=O)n3C)CCO2)cc1. The van der Waals surface area contributed by atoms with Crippen molar-refractivity contribution in [2.75, 3.05) is 43.0 Å². The summed E-state index contributed by atoms with van der Waals surface area (Å²) in [5, 5.41) is 2.92. The Kier molecular flexibility index (Phi) is 7.17. The van der Waals surface area contributed by atoms with Crippen LogP contribution in [0.15, 0.2) is 53.7 Å². The molecular weight excluding hydrogens is 434 g/mol. The Morgan fingerprint density at radius 3 is 2.62 bits per heavy atom. The zero-order valence-electron chi connectivity index (χ0n) is 19.6. The number of amides is 2. The Morgan fingerprint density at radius 1 is 1.18 bits per heavy atom. The average molecular weight is 464 g/mol. The molecule has 3 heterocycles. The van der Waals surface area contributed by atoms with Crippen molar-refractivity contribution in [3.63, 3.8) is 0 Å². The molecular formula is C24H29N7O3. The summed E-state index contributed by atoms with van der Waals surface area (Å²) in [5.41, 5.74) is 2.67. The van der Waals surface area contributed by atoms with Crippen molar-refractivity contribution in [1.82, 2.24) is 24.4 Å². The third kappa shape index (κ3) is 5.07. The zero-order valence-corrected chi connectivity index (χ0v) is 19.6. The molecule has 10 nitrogen and oxygen atoms in total. The number of anilines is 2. The number of hydrogen-bond acceptors (Lipinski definition) is 7. The Balaban J connectivity index is 1.51. The van der Waals surface area contributed by atoms with Crippen LogP contribution in [-0.4, -0.2) is 63.2 Å². The number of aromatic nitrogens is 4. The van der Waals surface area contributed by atoms with Crippen molar-refractivity contribution in [3.8, 4) is 11.4 Å². The van der Waals surface area contributed by atoms with E-state index in [0.29, 0.717) is 50.1 Å². The van der Waals surface area contributed by atoms with Crippen LogP contribution < -0.4 is 15.8 Å². The maximum atomic E-state index is 12.6. The summed E-state index contributed by atoms with van der Waals surface area (Å²) in [6.07, 6.45) is 2.87. The first-order chi connectivity index (χ1) is 16.5. The van der Waals surface area contributed by atoms with Crippen molar-refractivity contribution >= 4 is 17.7 Å². The molecule has 1 fully saturated rings. The van der Waals surface area contributed by atoms with Crippen LogP contribution in [-0.2, 0) is 11.8 Å². The van der Waals surface area contributed by atoms with Crippen LogP contribution in [0.2, 0.25) is 0 Å². The molecule has 0 aliphatic carbocycles. The Labute approximate surface area is 198 Å². The molecule has 0 bridgehead atoms. The monoisotopic (exact) mass is 463 g/mol. The number of morpholine rings is 1. The zero-order chi connectivity index (χ0) is 24.1. The van der Waals surface area contributed by atoms with Crippen molar-refractivity contribution in [1.29, 1.82) is 0 Å². The molecule has 0 saturated carbocycles. The number of nitrogens with one attached hydrogen (secondary N) is 1. The molecule has 2 aromatic heterocycles. The number of rotatable bonds is 6. The summed E-state index contributed by atoms with van der Waals surface area (Å²) in [5.74, 6) is 0.567. The number of benzene rings is 1. The predicted molar refractivity (Wildman–Crippen MR) is 130 cm³/mol. The van der Waals surface area contributed by atoms with Crippen LogP contribution in [0.1, 0.15) is 25.5 Å². The smallest absolute Gasteiger partial charge is 0.321 e. The average Bonchev–Trinajstić information content (AvgIpc) is 2.87. The van der Waals surface area contributed by atoms with E-state index in [1.165, 1.54) is 12.4 Å². The van der Waals surface area contributed by atoms with E-state index in [1.54, 1.807) is 28.8 Å². The van der Waals surface area contributed by atoms with Crippen LogP contribution in [0.5, 0.6) is 0 Å². The lowest BCUT2D eigenvalue weighted by molar-refractivity contribution is 0.0390. The van der Waals surface area contributed by atoms with E-state index in [9.17, 15) is 9.59 Å². The van der Waals surface area contributed by atoms with Gasteiger partial charge in [0.25, 0.3) is 5.56 Å². The molecule has 0 unspecified atom stereocenters. The topological polar surface area (TPSA) is 105 Å². The second-order valence-electron chi connectivity index (χ2n) is 7.96. The van der Waals surface area contributed by atoms with E-state index in [1.807, 2.05) is 38.1 Å². The Morgan fingerprint density at radius 2 is 1.94 bits per heavy atom. The first-order valence-corrected chi connectivity index (χ1v) is 11.4. The first kappa shape index (κ1) is 23.4. The molecule has 1 atom stereocenters. The number of carbonyl (C=O) groups excluding carboxylic acids is 1. The number of carbonyl (C=O) groups is 1. The van der Waals surface area contributed by atoms with Gasteiger partial charge in [-0.1, -0.05) is 12.1 Å². The van der Waals surface area contributed by atoms with Crippen LogP contribution in [0.3, 0.4) is 0 Å². The number of ether oxygens (including phenoxy) is 1. The molecule has 10 heteroatoms. The van der Waals surface area contributed by atoms with Gasteiger partial charge in [-0.2, -0.15) is 0 Å². The fourth-order valence-electron chi connectivity index (χ4n) is 3.91. The summed E-state index contributed by atoms with van der Waals surface area (Å²) in [6.45, 7) is 6.86. The molecule has 1 saturated heterocycles. The highest BCUT2D eigenvalue weighted by atomic mass is 16.5. The number of urea groups is 1. The highest BCUT2D eigenvalue weighted by molar-refractivity contribution is 5.89. The van der Waals surface area contributed by atoms with Gasteiger partial charge in [0.2, 0.25) is 5.95 Å². The van der Waals surface area contributed by atoms with E-state index >= 15 is 0 Å². The molecule has 34 heavy (non-hydrogen) atoms. The second kappa shape index (κ2) is 10.4. The van der Waals surface area contributed by atoms with Gasteiger partial charge in [-0.25, -0.2) is 19.7 Å². The lowest BCUT2D eigenvalue weighted by atomic mass is 10.1. The maximum absolute atomic E-state index is 12.6. The minimum absolute atomic E-state index is 0.117. The van der Waals surface area contributed by atoms with Crippen LogP contribution in [0.4, 0.5) is 16.4 Å². The molecule has 4 rings (SSSR count). The van der Waals surface area contributed by atoms with Gasteiger partial charge in [0.1, 0.15) is 12.4 Å². The van der Waals surface area contributed by atoms with Crippen molar-refractivity contribution in [2.24, 2.45) is 7.05 Å². The highest BCUT2D eigenvalue weighted by Gasteiger charge is 2.25. The van der Waals surface area contributed by atoms with Crippen molar-refractivity contribution in [3.05, 3.63) is 64.8 Å². The van der Waals surface area contributed by atoms with Gasteiger partial charge in [-0.05, 0) is 37.6 Å². The first-order valence-electron chi connectivity index (χ1n) is 11.4. The van der Waals surface area contributed by atoms with E-state index in [2.05, 4.69) is 20.2 Å². The van der Waals surface area contributed by atoms with Gasteiger partial charge >= 0.3 is 6.03 Å². The minimum Gasteiger partial charge on any atom is -0.370 e. The number of nitrogens with zero attached hydrogens (tertiary/aromatic N) is 6. The Hall–Kier alpha value is -3.79. The molecule has 1 aromatic carbocycles. The molecule has 3 aromatic rings. The van der Waals surface area contributed by atoms with E-state index in [4.69, 9.17) is 9.72 Å². The normalized spacial score (nSPS) is 15.7. The lowest BCUT2D eigenvalue weighted by Crippen LogP contribution is -2.41. The fourth-order valence-corrected chi connectivity index (χ4v) is 3.91. The lowest BCUT2D eigenvalue weighted by Gasteiger charge is -2.34. The molecule has 0 radical (unpaired) electrons. The fraction of sp³-hybridized carbons (Fsp3) is 0.375. The standard InChI is InChI=1S/C24H29N7O3/c1-4-30(5-2)24(33)27-18-8-6-17(7-9-18)21-15-31(12-13-34-21)23-28-20(14-22(32)29(23)3)19-10-11-25-16-26-19/h6-11,14,16,21H,4-5,12-13,15H2,1-3H3,(H,27,33)/t21-/m1/s1. The quantitative estimate of drug-likeness (QED) is 0.599. The second-order valence-corrected chi connectivity index (χ2v) is 7.96. The largest absolute Gasteiger partial charge is 0.370 e. The van der Waals surface area contributed by atoms with E-state index in [0.717, 1.165) is 11.3 Å². The summed E-state index contributed by atoms with van der Waals surface area (Å²) < 4.78 is 7.56. The summed E-state index contributed by atoms with van der Waals surface area (Å²) >= 11 is 0. The molecule has 0 spiro atoms. The van der Waals surface area contributed by atoms with Gasteiger partial charge in [0.15, 0.2) is 0 Å². The number of hydrogen-bond donors (Lipinski definition) is 1. The molecule has 1 N–H and O–H groups in total. The third-order valence-electron chi connectivity index (χ3n) is 5.89. The summed E-state index contributed by atoms with van der Waals surface area (Å²) in [6, 6.07) is 10.8. The molecule has 2 amide bonds. The van der Waals surface area contributed by atoms with Gasteiger partial charge in [-0.15, -0.1) is 0 Å². The minimum atomic E-state index is -0.194. The van der Waals surface area contributed by atoms with Crippen LogP contribution in [0, 0.1) is 0 Å². The summed E-state index contributed by atoms with van der Waals surface area (Å²) in [4.78, 5) is 41.6. The highest BCUT2D eigenvalue weighted by Crippen LogP contribution is 2.26. The van der Waals surface area contributed by atoms with Gasteiger partial charge in [0, 0.05) is 44.6 Å². The van der Waals surface area contributed by atoms with Gasteiger partial charge < -0.3 is 19.9 Å².